The zero-order valence-electron chi connectivity index (χ0n) is 12.6. The normalized spacial score (nSPS) is 10.4. The van der Waals surface area contributed by atoms with Gasteiger partial charge in [0.1, 0.15) is 0 Å². The van der Waals surface area contributed by atoms with Gasteiger partial charge in [0, 0.05) is 45.4 Å². The van der Waals surface area contributed by atoms with E-state index in [4.69, 9.17) is 0 Å². The minimum Gasteiger partial charge on any atom is -0.373 e. The van der Waals surface area contributed by atoms with E-state index in [1.54, 1.807) is 12.3 Å². The predicted molar refractivity (Wildman–Crippen MR) is 82.3 cm³/mol. The number of imidazole rings is 1. The molecule has 0 unspecified atom stereocenters. The van der Waals surface area contributed by atoms with Crippen molar-refractivity contribution in [3.8, 4) is 22.5 Å². The number of nitrogens with zero attached hydrogens (tertiary/aromatic N) is 2. The Balaban J connectivity index is 0.00000176. The Hall–Kier alpha value is -1.77. The Labute approximate surface area is 143 Å². The number of halogens is 1. The number of benzene rings is 2. The zero-order chi connectivity index (χ0) is 15.0. The summed E-state index contributed by atoms with van der Waals surface area (Å²) in [5.74, 6) is 0.498. The first-order chi connectivity index (χ1) is 10.1. The Kier molecular flexibility index (Phi) is 4.94. The summed E-state index contributed by atoms with van der Waals surface area (Å²) < 4.78 is 15.7. The Morgan fingerprint density at radius 3 is 2.45 bits per heavy atom. The molecule has 0 fully saturated rings. The van der Waals surface area contributed by atoms with Crippen LogP contribution in [0, 0.1) is 25.7 Å². The van der Waals surface area contributed by atoms with Crippen LogP contribution in [0.25, 0.3) is 22.5 Å². The summed E-state index contributed by atoms with van der Waals surface area (Å²) in [6, 6.07) is 12.1. The van der Waals surface area contributed by atoms with Gasteiger partial charge in [-0.15, -0.1) is 23.8 Å². The molecule has 115 valence electrons. The maximum atomic E-state index is 13.8. The molecule has 22 heavy (non-hydrogen) atoms. The van der Waals surface area contributed by atoms with Crippen molar-refractivity contribution in [3.63, 3.8) is 0 Å². The number of aryl methyl sites for hydroxylation is 3. The van der Waals surface area contributed by atoms with Crippen LogP contribution in [0.1, 0.15) is 11.1 Å². The van der Waals surface area contributed by atoms with Crippen molar-refractivity contribution >= 4 is 0 Å². The largest absolute Gasteiger partial charge is 0.373 e. The van der Waals surface area contributed by atoms with E-state index in [0.717, 1.165) is 33.6 Å². The van der Waals surface area contributed by atoms with Crippen LogP contribution in [0.15, 0.2) is 42.7 Å². The minimum absolute atomic E-state index is 0. The molecule has 1 aromatic heterocycles. The van der Waals surface area contributed by atoms with E-state index in [1.807, 2.05) is 49.9 Å². The van der Waals surface area contributed by atoms with Crippen LogP contribution >= 0.6 is 0 Å². The standard InChI is InChI=1S/C18H16FN2.Ir/c1-12-5-4-6-13(2)17(12)16-11-14(19)7-8-15(16)18-20-9-10-21(18)3;/h4-7,9-11H,1-3H3;/q-1;. The van der Waals surface area contributed by atoms with Crippen molar-refractivity contribution in [1.82, 2.24) is 9.55 Å². The van der Waals surface area contributed by atoms with E-state index in [2.05, 4.69) is 11.1 Å². The molecule has 4 heteroatoms. The van der Waals surface area contributed by atoms with Crippen molar-refractivity contribution in [1.29, 1.82) is 0 Å². The molecular weight excluding hydrogens is 455 g/mol. The van der Waals surface area contributed by atoms with E-state index in [-0.39, 0.29) is 25.9 Å². The minimum atomic E-state index is -0.286. The summed E-state index contributed by atoms with van der Waals surface area (Å²) in [5.41, 5.74) is 4.93. The smallest absolute Gasteiger partial charge is 0.0561 e. The molecule has 0 aliphatic rings. The van der Waals surface area contributed by atoms with Gasteiger partial charge in [0.15, 0.2) is 0 Å². The van der Waals surface area contributed by atoms with Crippen molar-refractivity contribution in [2.45, 2.75) is 13.8 Å². The topological polar surface area (TPSA) is 17.8 Å². The van der Waals surface area contributed by atoms with Gasteiger partial charge in [-0.05, 0) is 13.8 Å². The van der Waals surface area contributed by atoms with Crippen LogP contribution in [0.2, 0.25) is 0 Å². The van der Waals surface area contributed by atoms with Crippen LogP contribution in [-0.2, 0) is 27.2 Å². The van der Waals surface area contributed by atoms with Crippen molar-refractivity contribution in [2.75, 3.05) is 0 Å². The molecule has 0 aliphatic heterocycles. The predicted octanol–water partition coefficient (Wildman–Crippen LogP) is 4.31. The summed E-state index contributed by atoms with van der Waals surface area (Å²) in [7, 11) is 1.92. The van der Waals surface area contributed by atoms with Crippen molar-refractivity contribution in [3.05, 3.63) is 65.7 Å². The summed E-state index contributed by atoms with van der Waals surface area (Å²) in [4.78, 5) is 4.37. The molecular formula is C18H16FIrN2-. The van der Waals surface area contributed by atoms with Crippen LogP contribution in [0.3, 0.4) is 0 Å². The van der Waals surface area contributed by atoms with Gasteiger partial charge in [0.05, 0.1) is 5.82 Å². The molecule has 0 spiro atoms. The third kappa shape index (κ3) is 2.90. The summed E-state index contributed by atoms with van der Waals surface area (Å²) in [6.07, 6.45) is 3.61. The second-order valence-electron chi connectivity index (χ2n) is 5.24. The molecule has 3 aromatic rings. The summed E-state index contributed by atoms with van der Waals surface area (Å²) >= 11 is 0. The first-order valence-corrected chi connectivity index (χ1v) is 6.83. The molecule has 0 saturated heterocycles. The first kappa shape index (κ1) is 16.6. The van der Waals surface area contributed by atoms with E-state index in [0.29, 0.717) is 0 Å². The number of hydrogen-bond acceptors (Lipinski definition) is 1. The molecule has 0 aliphatic carbocycles. The van der Waals surface area contributed by atoms with Crippen LogP contribution in [-0.4, -0.2) is 9.55 Å². The van der Waals surface area contributed by atoms with Gasteiger partial charge in [-0.1, -0.05) is 40.5 Å². The second kappa shape index (κ2) is 6.55. The monoisotopic (exact) mass is 472 g/mol. The average molecular weight is 472 g/mol. The van der Waals surface area contributed by atoms with Gasteiger partial charge >= 0.3 is 0 Å². The fraction of sp³-hybridized carbons (Fsp3) is 0.167. The quantitative estimate of drug-likeness (QED) is 0.510. The maximum absolute atomic E-state index is 13.8. The second-order valence-corrected chi connectivity index (χ2v) is 5.24. The molecule has 0 amide bonds. The molecule has 1 heterocycles. The Morgan fingerprint density at radius 1 is 1.18 bits per heavy atom. The van der Waals surface area contributed by atoms with Gasteiger partial charge in [0.25, 0.3) is 0 Å². The number of aromatic nitrogens is 2. The van der Waals surface area contributed by atoms with E-state index < -0.39 is 0 Å². The van der Waals surface area contributed by atoms with E-state index >= 15 is 0 Å². The van der Waals surface area contributed by atoms with Gasteiger partial charge in [-0.2, -0.15) is 0 Å². The molecule has 0 N–H and O–H groups in total. The van der Waals surface area contributed by atoms with Gasteiger partial charge in [-0.25, -0.2) is 0 Å². The number of hydrogen-bond donors (Lipinski definition) is 0. The molecule has 3 rings (SSSR count). The van der Waals surface area contributed by atoms with Gasteiger partial charge in [0.2, 0.25) is 0 Å². The first-order valence-electron chi connectivity index (χ1n) is 6.83. The van der Waals surface area contributed by atoms with Crippen LogP contribution < -0.4 is 0 Å². The van der Waals surface area contributed by atoms with E-state index in [1.165, 1.54) is 6.07 Å². The third-order valence-corrected chi connectivity index (χ3v) is 3.70. The SMILES string of the molecule is Cc1cccc(C)c1-c1cc(F)c[c-]c1-c1nccn1C.[Ir]. The molecule has 0 bridgehead atoms. The molecule has 0 atom stereocenters. The molecule has 1 radical (unpaired) electrons. The molecule has 2 aromatic carbocycles. The summed E-state index contributed by atoms with van der Waals surface area (Å²) in [5, 5.41) is 0. The van der Waals surface area contributed by atoms with Gasteiger partial charge in [-0.3, -0.25) is 9.37 Å². The van der Waals surface area contributed by atoms with Crippen LogP contribution in [0.5, 0.6) is 0 Å². The van der Waals surface area contributed by atoms with Crippen LogP contribution in [0.4, 0.5) is 4.39 Å². The Bertz CT molecular complexity index is 788. The van der Waals surface area contributed by atoms with Crippen molar-refractivity contribution in [2.24, 2.45) is 7.05 Å². The fourth-order valence-corrected chi connectivity index (χ4v) is 2.70. The third-order valence-electron chi connectivity index (χ3n) is 3.70. The fourth-order valence-electron chi connectivity index (χ4n) is 2.70. The van der Waals surface area contributed by atoms with Gasteiger partial charge < -0.3 is 4.57 Å². The Morgan fingerprint density at radius 2 is 1.86 bits per heavy atom. The zero-order valence-corrected chi connectivity index (χ0v) is 15.0. The van der Waals surface area contributed by atoms with E-state index in [9.17, 15) is 4.39 Å². The molecule has 0 saturated carbocycles. The summed E-state index contributed by atoms with van der Waals surface area (Å²) in [6.45, 7) is 4.07. The maximum Gasteiger partial charge on any atom is 0.0561 e. The molecule has 2 nitrogen and oxygen atoms in total. The average Bonchev–Trinajstić information content (AvgIpc) is 2.85. The van der Waals surface area contributed by atoms with Crippen molar-refractivity contribution < 1.29 is 24.5 Å². The number of rotatable bonds is 2.